The van der Waals surface area contributed by atoms with E-state index < -0.39 is 17.3 Å². The molecule has 0 spiro atoms. The van der Waals surface area contributed by atoms with Gasteiger partial charge in [0, 0.05) is 63.8 Å². The Bertz CT molecular complexity index is 1110. The standard InChI is InChI=1S/C28H35F3N4O/c1-4-23-24-17-27(19-26(2,3)36-24,20-35(23)25-22(28(29,30)31)11-8-12-32-25)34-15-13-33(14-16-34)18-21-9-6-5-7-10-21/h5-12H,4,13-20H2,1-3H3. The first-order chi connectivity index (χ1) is 17.1. The molecule has 1 atom stereocenters. The van der Waals surface area contributed by atoms with E-state index in [9.17, 15) is 13.2 Å². The molecule has 8 heteroatoms. The summed E-state index contributed by atoms with van der Waals surface area (Å²) in [4.78, 5) is 11.0. The number of fused-ring (bicyclic) bond motifs is 2. The molecule has 1 aromatic carbocycles. The number of hydrogen-bond acceptors (Lipinski definition) is 5. The van der Waals surface area contributed by atoms with Gasteiger partial charge in [0.15, 0.2) is 0 Å². The van der Waals surface area contributed by atoms with E-state index in [1.165, 1.54) is 17.8 Å². The van der Waals surface area contributed by atoms with Crippen molar-refractivity contribution in [2.45, 2.75) is 63.9 Å². The molecule has 1 aromatic heterocycles. The van der Waals surface area contributed by atoms with Crippen molar-refractivity contribution in [3.8, 4) is 0 Å². The summed E-state index contributed by atoms with van der Waals surface area (Å²) >= 11 is 0. The molecule has 0 radical (unpaired) electrons. The van der Waals surface area contributed by atoms with E-state index in [4.69, 9.17) is 4.74 Å². The lowest BCUT2D eigenvalue weighted by Crippen LogP contribution is -2.67. The number of piperazine rings is 1. The van der Waals surface area contributed by atoms with Crippen molar-refractivity contribution in [2.75, 3.05) is 37.6 Å². The third-order valence-electron chi connectivity index (χ3n) is 7.72. The number of alkyl halides is 3. The third kappa shape index (κ3) is 4.85. The lowest BCUT2D eigenvalue weighted by Gasteiger charge is -2.58. The van der Waals surface area contributed by atoms with Crippen LogP contribution in [0.3, 0.4) is 0 Å². The Morgan fingerprint density at radius 2 is 1.72 bits per heavy atom. The Kier molecular flexibility index (Phi) is 6.53. The Labute approximate surface area is 211 Å². The van der Waals surface area contributed by atoms with Gasteiger partial charge in [-0.3, -0.25) is 9.80 Å². The van der Waals surface area contributed by atoms with Gasteiger partial charge in [0.2, 0.25) is 0 Å². The maximum atomic E-state index is 14.0. The smallest absolute Gasteiger partial charge is 0.419 e. The van der Waals surface area contributed by atoms with Crippen molar-refractivity contribution < 1.29 is 17.9 Å². The van der Waals surface area contributed by atoms with E-state index in [0.29, 0.717) is 13.0 Å². The van der Waals surface area contributed by atoms with Crippen LogP contribution < -0.4 is 4.90 Å². The summed E-state index contributed by atoms with van der Waals surface area (Å²) in [5.74, 6) is 0.792. The molecular weight excluding hydrogens is 465 g/mol. The zero-order valence-corrected chi connectivity index (χ0v) is 21.3. The minimum atomic E-state index is -4.48. The number of anilines is 1. The zero-order chi connectivity index (χ0) is 25.6. The van der Waals surface area contributed by atoms with Crippen molar-refractivity contribution in [1.82, 2.24) is 14.8 Å². The molecular formula is C28H35F3N4O. The van der Waals surface area contributed by atoms with Crippen LogP contribution in [0.5, 0.6) is 0 Å². The van der Waals surface area contributed by atoms with Gasteiger partial charge in [-0.1, -0.05) is 37.3 Å². The highest BCUT2D eigenvalue weighted by molar-refractivity contribution is 5.56. The average Bonchev–Trinajstić information content (AvgIpc) is 2.83. The van der Waals surface area contributed by atoms with Crippen molar-refractivity contribution in [3.63, 3.8) is 0 Å². The Balaban J connectivity index is 1.45. The van der Waals surface area contributed by atoms with E-state index in [0.717, 1.165) is 63.1 Å². The summed E-state index contributed by atoms with van der Waals surface area (Å²) in [5, 5.41) is 0. The van der Waals surface area contributed by atoms with Crippen LogP contribution in [0.4, 0.5) is 19.0 Å². The van der Waals surface area contributed by atoms with Crippen LogP contribution in [0.2, 0.25) is 0 Å². The van der Waals surface area contributed by atoms with E-state index in [-0.39, 0.29) is 11.4 Å². The number of halogens is 3. The number of pyridine rings is 1. The molecule has 1 unspecified atom stereocenters. The van der Waals surface area contributed by atoms with Gasteiger partial charge < -0.3 is 9.64 Å². The molecule has 36 heavy (non-hydrogen) atoms. The van der Waals surface area contributed by atoms with Crippen molar-refractivity contribution >= 4 is 5.82 Å². The summed E-state index contributed by atoms with van der Waals surface area (Å²) < 4.78 is 48.4. The van der Waals surface area contributed by atoms with E-state index in [2.05, 4.69) is 52.9 Å². The molecule has 0 N–H and O–H groups in total. The highest BCUT2D eigenvalue weighted by Crippen LogP contribution is 2.49. The Morgan fingerprint density at radius 3 is 2.39 bits per heavy atom. The van der Waals surface area contributed by atoms with Gasteiger partial charge in [0.05, 0.1) is 11.3 Å². The second kappa shape index (κ2) is 9.38. The maximum absolute atomic E-state index is 14.0. The second-order valence-electron chi connectivity index (χ2n) is 10.9. The van der Waals surface area contributed by atoms with Crippen LogP contribution in [-0.2, 0) is 17.5 Å². The number of ether oxygens (including phenoxy) is 1. The molecule has 3 aliphatic rings. The monoisotopic (exact) mass is 500 g/mol. The molecule has 0 amide bonds. The molecule has 2 fully saturated rings. The first kappa shape index (κ1) is 25.1. The molecule has 5 rings (SSSR count). The fraction of sp³-hybridized carbons (Fsp3) is 0.536. The van der Waals surface area contributed by atoms with Gasteiger partial charge in [-0.25, -0.2) is 4.98 Å². The molecule has 194 valence electrons. The second-order valence-corrected chi connectivity index (χ2v) is 10.9. The van der Waals surface area contributed by atoms with Crippen LogP contribution in [0, 0.1) is 0 Å². The van der Waals surface area contributed by atoms with Crippen molar-refractivity contribution in [1.29, 1.82) is 0 Å². The largest absolute Gasteiger partial charge is 0.490 e. The molecule has 2 saturated heterocycles. The average molecular weight is 501 g/mol. The first-order valence-electron chi connectivity index (χ1n) is 12.8. The number of benzene rings is 1. The third-order valence-corrected chi connectivity index (χ3v) is 7.72. The molecule has 2 bridgehead atoms. The summed E-state index contributed by atoms with van der Waals surface area (Å²) in [7, 11) is 0. The highest BCUT2D eigenvalue weighted by atomic mass is 19.4. The molecule has 2 aromatic rings. The van der Waals surface area contributed by atoms with Crippen LogP contribution in [0.15, 0.2) is 60.1 Å². The van der Waals surface area contributed by atoms with Crippen LogP contribution in [0.25, 0.3) is 0 Å². The predicted molar refractivity (Wildman–Crippen MR) is 134 cm³/mol. The Morgan fingerprint density at radius 1 is 1.00 bits per heavy atom. The maximum Gasteiger partial charge on any atom is 0.419 e. The molecule has 4 heterocycles. The van der Waals surface area contributed by atoms with Crippen LogP contribution >= 0.6 is 0 Å². The van der Waals surface area contributed by atoms with Gasteiger partial charge in [-0.15, -0.1) is 0 Å². The van der Waals surface area contributed by atoms with Crippen molar-refractivity contribution in [3.05, 3.63) is 71.2 Å². The highest BCUT2D eigenvalue weighted by Gasteiger charge is 2.53. The SMILES string of the molecule is CCC1=C2CC(N3CCN(Cc4ccccc4)CC3)(CN1c1ncccc1C(F)(F)F)CC(C)(C)O2. The summed E-state index contributed by atoms with van der Waals surface area (Å²) in [6.45, 7) is 11.2. The Hall–Kier alpha value is -2.58. The quantitative estimate of drug-likeness (QED) is 0.527. The molecule has 0 aliphatic carbocycles. The summed E-state index contributed by atoms with van der Waals surface area (Å²) in [5.41, 5.74) is 0.712. The van der Waals surface area contributed by atoms with Crippen LogP contribution in [0.1, 0.15) is 51.2 Å². The van der Waals surface area contributed by atoms with Crippen molar-refractivity contribution in [2.24, 2.45) is 0 Å². The molecule has 5 nitrogen and oxygen atoms in total. The van der Waals surface area contributed by atoms with E-state index in [1.54, 1.807) is 4.90 Å². The zero-order valence-electron chi connectivity index (χ0n) is 21.3. The number of aromatic nitrogens is 1. The summed E-state index contributed by atoms with van der Waals surface area (Å²) in [6.07, 6.45) is -0.962. The number of hydrogen-bond donors (Lipinski definition) is 0. The number of nitrogens with zero attached hydrogens (tertiary/aromatic N) is 4. The van der Waals surface area contributed by atoms with Gasteiger partial charge in [-0.2, -0.15) is 13.2 Å². The van der Waals surface area contributed by atoms with Gasteiger partial charge in [0.1, 0.15) is 17.2 Å². The van der Waals surface area contributed by atoms with Gasteiger partial charge >= 0.3 is 6.18 Å². The normalized spacial score (nSPS) is 25.1. The molecule has 0 saturated carbocycles. The fourth-order valence-corrected chi connectivity index (χ4v) is 6.34. The predicted octanol–water partition coefficient (Wildman–Crippen LogP) is 5.69. The minimum absolute atomic E-state index is 0.0190. The van der Waals surface area contributed by atoms with E-state index >= 15 is 0 Å². The first-order valence-corrected chi connectivity index (χ1v) is 12.8. The lowest BCUT2D eigenvalue weighted by molar-refractivity contribution is -0.137. The topological polar surface area (TPSA) is 31.8 Å². The molecule has 3 aliphatic heterocycles. The fourth-order valence-electron chi connectivity index (χ4n) is 6.34. The van der Waals surface area contributed by atoms with Gasteiger partial charge in [-0.05, 0) is 38.0 Å². The van der Waals surface area contributed by atoms with Gasteiger partial charge in [0.25, 0.3) is 0 Å². The minimum Gasteiger partial charge on any atom is -0.490 e. The summed E-state index contributed by atoms with van der Waals surface area (Å²) in [6, 6.07) is 13.0. The van der Waals surface area contributed by atoms with E-state index in [1.807, 2.05) is 13.0 Å². The lowest BCUT2D eigenvalue weighted by atomic mass is 9.75. The number of rotatable bonds is 5. The van der Waals surface area contributed by atoms with Crippen LogP contribution in [-0.4, -0.2) is 58.6 Å². The number of allylic oxidation sites excluding steroid dienone is 1.